The van der Waals surface area contributed by atoms with Gasteiger partial charge in [-0.25, -0.2) is 0 Å². The van der Waals surface area contributed by atoms with Crippen molar-refractivity contribution in [2.24, 2.45) is 0 Å². The molecule has 0 amide bonds. The van der Waals surface area contributed by atoms with Gasteiger partial charge in [-0.1, -0.05) is 24.3 Å². The van der Waals surface area contributed by atoms with Crippen molar-refractivity contribution in [1.29, 1.82) is 0 Å². The molecule has 20 heavy (non-hydrogen) atoms. The van der Waals surface area contributed by atoms with Crippen LogP contribution in [0.5, 0.6) is 5.75 Å². The van der Waals surface area contributed by atoms with Crippen molar-refractivity contribution in [1.82, 2.24) is 4.90 Å². The zero-order chi connectivity index (χ0) is 13.8. The normalized spacial score (nSPS) is 10.9. The minimum absolute atomic E-state index is 0. The molecular formula is C17H24ClNO. The van der Waals surface area contributed by atoms with Crippen molar-refractivity contribution in [3.05, 3.63) is 42.0 Å². The van der Waals surface area contributed by atoms with E-state index >= 15 is 0 Å². The second kappa shape index (κ2) is 7.51. The molecule has 2 aromatic carbocycles. The first-order valence-electron chi connectivity index (χ1n) is 6.87. The van der Waals surface area contributed by atoms with Crippen LogP contribution in [0.4, 0.5) is 0 Å². The maximum absolute atomic E-state index is 5.33. The number of fused-ring (bicyclic) bond motifs is 1. The van der Waals surface area contributed by atoms with Crippen LogP contribution in [-0.4, -0.2) is 31.6 Å². The highest BCUT2D eigenvalue weighted by molar-refractivity contribution is 5.87. The van der Waals surface area contributed by atoms with Crippen LogP contribution in [-0.2, 0) is 6.42 Å². The number of hydrogen-bond donors (Lipinski definition) is 0. The van der Waals surface area contributed by atoms with E-state index < -0.39 is 0 Å². The summed E-state index contributed by atoms with van der Waals surface area (Å²) in [6.07, 6.45) is 1.07. The molecule has 0 saturated heterocycles. The molecule has 3 heteroatoms. The first-order valence-corrected chi connectivity index (χ1v) is 6.87. The maximum atomic E-state index is 5.33. The van der Waals surface area contributed by atoms with Gasteiger partial charge in [0.15, 0.2) is 0 Å². The van der Waals surface area contributed by atoms with Gasteiger partial charge in [0.25, 0.3) is 0 Å². The fourth-order valence-corrected chi connectivity index (χ4v) is 2.22. The molecule has 0 heterocycles. The van der Waals surface area contributed by atoms with Crippen molar-refractivity contribution in [2.75, 3.05) is 20.7 Å². The van der Waals surface area contributed by atoms with Crippen LogP contribution in [0.1, 0.15) is 19.4 Å². The number of nitrogens with zero attached hydrogens (tertiary/aromatic N) is 1. The quantitative estimate of drug-likeness (QED) is 0.821. The molecule has 0 fully saturated rings. The summed E-state index contributed by atoms with van der Waals surface area (Å²) in [4.78, 5) is 2.37. The lowest BCUT2D eigenvalue weighted by atomic mass is 10.0. The van der Waals surface area contributed by atoms with Crippen LogP contribution in [0.25, 0.3) is 10.8 Å². The summed E-state index contributed by atoms with van der Waals surface area (Å²) < 4.78 is 5.33. The minimum Gasteiger partial charge on any atom is -0.497 e. The van der Waals surface area contributed by atoms with E-state index in [9.17, 15) is 0 Å². The third-order valence-corrected chi connectivity index (χ3v) is 3.79. The monoisotopic (exact) mass is 293 g/mol. The lowest BCUT2D eigenvalue weighted by Gasteiger charge is -2.21. The Labute approximate surface area is 128 Å². The molecule has 110 valence electrons. The SMILES string of the molecule is COc1ccc2cccc(CCN(C)C(C)C)c2c1.Cl. The second-order valence-electron chi connectivity index (χ2n) is 5.33. The van der Waals surface area contributed by atoms with E-state index in [1.807, 2.05) is 6.07 Å². The van der Waals surface area contributed by atoms with Gasteiger partial charge in [0.2, 0.25) is 0 Å². The topological polar surface area (TPSA) is 12.5 Å². The first kappa shape index (κ1) is 16.8. The number of halogens is 1. The third-order valence-electron chi connectivity index (χ3n) is 3.79. The molecule has 0 aliphatic rings. The molecule has 2 nitrogen and oxygen atoms in total. The van der Waals surface area contributed by atoms with Gasteiger partial charge in [-0.05, 0) is 55.8 Å². The highest BCUT2D eigenvalue weighted by Crippen LogP contribution is 2.24. The van der Waals surface area contributed by atoms with Crippen LogP contribution in [0.3, 0.4) is 0 Å². The summed E-state index contributed by atoms with van der Waals surface area (Å²) in [5.74, 6) is 0.928. The number of rotatable bonds is 5. The Morgan fingerprint density at radius 2 is 1.90 bits per heavy atom. The molecule has 0 aliphatic heterocycles. The Balaban J connectivity index is 0.00000200. The van der Waals surface area contributed by atoms with Crippen molar-refractivity contribution in [3.63, 3.8) is 0 Å². The van der Waals surface area contributed by atoms with Gasteiger partial charge in [-0.15, -0.1) is 12.4 Å². The average molecular weight is 294 g/mol. The lowest BCUT2D eigenvalue weighted by Crippen LogP contribution is -2.28. The molecule has 0 saturated carbocycles. The molecule has 2 rings (SSSR count). The molecule has 0 atom stereocenters. The predicted molar refractivity (Wildman–Crippen MR) is 89.2 cm³/mol. The Hall–Kier alpha value is -1.25. The number of benzene rings is 2. The van der Waals surface area contributed by atoms with E-state index in [1.54, 1.807) is 7.11 Å². The van der Waals surface area contributed by atoms with E-state index in [1.165, 1.54) is 16.3 Å². The van der Waals surface area contributed by atoms with Crippen molar-refractivity contribution >= 4 is 23.2 Å². The van der Waals surface area contributed by atoms with Gasteiger partial charge in [0.05, 0.1) is 7.11 Å². The molecule has 0 unspecified atom stereocenters. The fourth-order valence-electron chi connectivity index (χ4n) is 2.22. The second-order valence-corrected chi connectivity index (χ2v) is 5.33. The third kappa shape index (κ3) is 3.87. The summed E-state index contributed by atoms with van der Waals surface area (Å²) >= 11 is 0. The van der Waals surface area contributed by atoms with E-state index in [0.717, 1.165) is 18.7 Å². The molecular weight excluding hydrogens is 270 g/mol. The van der Waals surface area contributed by atoms with E-state index in [0.29, 0.717) is 6.04 Å². The molecule has 0 N–H and O–H groups in total. The largest absolute Gasteiger partial charge is 0.497 e. The average Bonchev–Trinajstić information content (AvgIpc) is 2.43. The molecule has 0 aromatic heterocycles. The van der Waals surface area contributed by atoms with Crippen molar-refractivity contribution in [3.8, 4) is 5.75 Å². The lowest BCUT2D eigenvalue weighted by molar-refractivity contribution is 0.278. The highest BCUT2D eigenvalue weighted by atomic mass is 35.5. The zero-order valence-electron chi connectivity index (χ0n) is 12.7. The van der Waals surface area contributed by atoms with Crippen LogP contribution in [0, 0.1) is 0 Å². The number of likely N-dealkylation sites (N-methyl/N-ethyl adjacent to an activating group) is 1. The van der Waals surface area contributed by atoms with Gasteiger partial charge < -0.3 is 9.64 Å². The predicted octanol–water partition coefficient (Wildman–Crippen LogP) is 4.15. The first-order chi connectivity index (χ1) is 9.11. The summed E-state index contributed by atoms with van der Waals surface area (Å²) in [5, 5.41) is 2.59. The van der Waals surface area contributed by atoms with E-state index in [4.69, 9.17) is 4.74 Å². The molecule has 0 spiro atoms. The van der Waals surface area contributed by atoms with Crippen LogP contribution >= 0.6 is 12.4 Å². The standard InChI is InChI=1S/C17H23NO.ClH/c1-13(2)18(3)11-10-15-7-5-6-14-8-9-16(19-4)12-17(14)15;/h5-9,12-13H,10-11H2,1-4H3;1H. The summed E-state index contributed by atoms with van der Waals surface area (Å²) in [5.41, 5.74) is 1.39. The summed E-state index contributed by atoms with van der Waals surface area (Å²) in [7, 11) is 3.90. The number of methoxy groups -OCH3 is 1. The Bertz CT molecular complexity index is 554. The van der Waals surface area contributed by atoms with E-state index in [2.05, 4.69) is 56.1 Å². The Kier molecular flexibility index (Phi) is 6.31. The fraction of sp³-hybridized carbons (Fsp3) is 0.412. The zero-order valence-corrected chi connectivity index (χ0v) is 13.5. The van der Waals surface area contributed by atoms with Crippen LogP contribution in [0.2, 0.25) is 0 Å². The number of hydrogen-bond acceptors (Lipinski definition) is 2. The minimum atomic E-state index is 0. The van der Waals surface area contributed by atoms with E-state index in [-0.39, 0.29) is 12.4 Å². The van der Waals surface area contributed by atoms with Crippen molar-refractivity contribution < 1.29 is 4.74 Å². The highest BCUT2D eigenvalue weighted by Gasteiger charge is 2.06. The smallest absolute Gasteiger partial charge is 0.119 e. The van der Waals surface area contributed by atoms with Crippen molar-refractivity contribution in [2.45, 2.75) is 26.3 Å². The van der Waals surface area contributed by atoms with Gasteiger partial charge in [0.1, 0.15) is 5.75 Å². The number of ether oxygens (including phenoxy) is 1. The maximum Gasteiger partial charge on any atom is 0.119 e. The van der Waals surface area contributed by atoms with Gasteiger partial charge in [-0.2, -0.15) is 0 Å². The molecule has 0 radical (unpaired) electrons. The van der Waals surface area contributed by atoms with Gasteiger partial charge in [0, 0.05) is 12.6 Å². The molecule has 0 bridgehead atoms. The molecule has 0 aliphatic carbocycles. The summed E-state index contributed by atoms with van der Waals surface area (Å²) in [6.45, 7) is 5.53. The summed E-state index contributed by atoms with van der Waals surface area (Å²) in [6, 6.07) is 13.4. The molecule has 2 aromatic rings. The Morgan fingerprint density at radius 3 is 2.55 bits per heavy atom. The van der Waals surface area contributed by atoms with Gasteiger partial charge >= 0.3 is 0 Å². The Morgan fingerprint density at radius 1 is 1.15 bits per heavy atom. The van der Waals surface area contributed by atoms with Crippen LogP contribution in [0.15, 0.2) is 36.4 Å². The van der Waals surface area contributed by atoms with Crippen LogP contribution < -0.4 is 4.74 Å². The van der Waals surface area contributed by atoms with Gasteiger partial charge in [-0.3, -0.25) is 0 Å².